The molecule has 4 aliphatic heterocycles. The second-order valence-corrected chi connectivity index (χ2v) is 8.64. The Hall–Kier alpha value is -2.83. The van der Waals surface area contributed by atoms with E-state index in [1.165, 1.54) is 19.8 Å². The molecule has 4 heterocycles. The zero-order valence-electron chi connectivity index (χ0n) is 17.3. The molecule has 1 aromatic rings. The molecule has 6 rings (SSSR count). The molecule has 2 fully saturated rings. The number of methoxy groups -OCH3 is 2. The second-order valence-electron chi connectivity index (χ2n) is 8.64. The first kappa shape index (κ1) is 19.2. The Balaban J connectivity index is 1.87. The van der Waals surface area contributed by atoms with Crippen molar-refractivity contribution in [3.8, 4) is 0 Å². The number of rotatable bonds is 1. The van der Waals surface area contributed by atoms with Crippen molar-refractivity contribution in [2.24, 2.45) is 5.92 Å². The van der Waals surface area contributed by atoms with E-state index in [0.717, 1.165) is 18.4 Å². The van der Waals surface area contributed by atoms with Crippen LogP contribution in [0.2, 0.25) is 0 Å². The van der Waals surface area contributed by atoms with Crippen LogP contribution in [-0.2, 0) is 24.5 Å². The molecule has 0 N–H and O–H groups in total. The summed E-state index contributed by atoms with van der Waals surface area (Å²) in [7, 11) is 2.71. The van der Waals surface area contributed by atoms with E-state index in [2.05, 4.69) is 6.08 Å². The van der Waals surface area contributed by atoms with Crippen molar-refractivity contribution >= 4 is 23.7 Å². The molecule has 2 saturated heterocycles. The highest BCUT2D eigenvalue weighted by Gasteiger charge is 2.74. The summed E-state index contributed by atoms with van der Waals surface area (Å²) in [4.78, 5) is 44.0. The summed E-state index contributed by atoms with van der Waals surface area (Å²) < 4.78 is 10.4. The molecule has 7 nitrogen and oxygen atoms in total. The van der Waals surface area contributed by atoms with Crippen molar-refractivity contribution in [2.45, 2.75) is 43.1 Å². The van der Waals surface area contributed by atoms with Gasteiger partial charge < -0.3 is 14.4 Å². The standard InChI is InChI=1S/C23H26N2O5/c1-29-19(26)17-14-15-6-5-12-24-13-11-22(20(24)27)16-7-3-4-8-18(16)25(21(28)30-2)23(17,22)10-9-15/h3-4,7-9,17H,5-6,10-14H2,1-2H3/t17-,22+,23+/m0/s1. The third kappa shape index (κ3) is 2.13. The van der Waals surface area contributed by atoms with E-state index in [0.29, 0.717) is 38.0 Å². The van der Waals surface area contributed by atoms with E-state index in [9.17, 15) is 14.4 Å². The predicted octanol–water partition coefficient (Wildman–Crippen LogP) is 2.79. The Morgan fingerprint density at radius 2 is 1.93 bits per heavy atom. The SMILES string of the molecule is COC(=O)[C@@H]1CC2=CC[C@@]13N(C(=O)OC)c1ccccc1[C@@]31CCN(CCC2)C1=O. The molecule has 3 atom stereocenters. The van der Waals surface area contributed by atoms with Crippen LogP contribution in [0.25, 0.3) is 0 Å². The maximum absolute atomic E-state index is 14.1. The van der Waals surface area contributed by atoms with E-state index in [1.807, 2.05) is 29.2 Å². The highest BCUT2D eigenvalue weighted by Crippen LogP contribution is 2.63. The molecule has 0 saturated carbocycles. The molecule has 4 bridgehead atoms. The first-order valence-electron chi connectivity index (χ1n) is 10.5. The lowest BCUT2D eigenvalue weighted by Gasteiger charge is -2.52. The van der Waals surface area contributed by atoms with Gasteiger partial charge in [-0.15, -0.1) is 0 Å². The summed E-state index contributed by atoms with van der Waals surface area (Å²) in [5.41, 5.74) is 0.597. The normalized spacial score (nSPS) is 31.7. The van der Waals surface area contributed by atoms with Gasteiger partial charge in [0.05, 0.1) is 31.4 Å². The third-order valence-corrected chi connectivity index (χ3v) is 7.67. The Morgan fingerprint density at radius 3 is 2.70 bits per heavy atom. The Labute approximate surface area is 175 Å². The van der Waals surface area contributed by atoms with Gasteiger partial charge in [0.15, 0.2) is 0 Å². The number of nitrogens with zero attached hydrogens (tertiary/aromatic N) is 2. The highest BCUT2D eigenvalue weighted by atomic mass is 16.5. The number of allylic oxidation sites excluding steroid dienone is 1. The maximum atomic E-state index is 14.1. The minimum absolute atomic E-state index is 0.00834. The lowest BCUT2D eigenvalue weighted by Crippen LogP contribution is -2.68. The van der Waals surface area contributed by atoms with Crippen LogP contribution in [0.1, 0.15) is 37.7 Å². The van der Waals surface area contributed by atoms with Crippen LogP contribution >= 0.6 is 0 Å². The van der Waals surface area contributed by atoms with Crippen molar-refractivity contribution in [1.29, 1.82) is 0 Å². The lowest BCUT2D eigenvalue weighted by atomic mass is 9.56. The van der Waals surface area contributed by atoms with E-state index >= 15 is 0 Å². The monoisotopic (exact) mass is 410 g/mol. The van der Waals surface area contributed by atoms with Gasteiger partial charge >= 0.3 is 12.1 Å². The average Bonchev–Trinajstić information content (AvgIpc) is 3.21. The largest absolute Gasteiger partial charge is 0.469 e. The fourth-order valence-electron chi connectivity index (χ4n) is 6.46. The molecule has 158 valence electrons. The van der Waals surface area contributed by atoms with Crippen molar-refractivity contribution in [3.05, 3.63) is 41.5 Å². The number of ether oxygens (including phenoxy) is 2. The fourth-order valence-corrected chi connectivity index (χ4v) is 6.46. The number of anilines is 1. The topological polar surface area (TPSA) is 76.2 Å². The number of carbonyl (C=O) groups is 3. The quantitative estimate of drug-likeness (QED) is 0.526. The van der Waals surface area contributed by atoms with Gasteiger partial charge in [-0.3, -0.25) is 14.5 Å². The van der Waals surface area contributed by atoms with Gasteiger partial charge in [0.1, 0.15) is 5.41 Å². The minimum atomic E-state index is -1.08. The van der Waals surface area contributed by atoms with Gasteiger partial charge in [0.2, 0.25) is 5.91 Å². The number of carbonyl (C=O) groups excluding carboxylic acids is 3. The molecule has 0 aromatic heterocycles. The molecule has 5 aliphatic rings. The van der Waals surface area contributed by atoms with Crippen LogP contribution in [0.15, 0.2) is 35.9 Å². The summed E-state index contributed by atoms with van der Waals surface area (Å²) in [6.45, 7) is 1.31. The number of esters is 1. The third-order valence-electron chi connectivity index (χ3n) is 7.67. The van der Waals surface area contributed by atoms with Gasteiger partial charge in [-0.2, -0.15) is 0 Å². The molecule has 1 aromatic carbocycles. The van der Waals surface area contributed by atoms with Crippen molar-refractivity contribution in [1.82, 2.24) is 4.90 Å². The summed E-state index contributed by atoms with van der Waals surface area (Å²) >= 11 is 0. The zero-order valence-corrected chi connectivity index (χ0v) is 17.3. The smallest absolute Gasteiger partial charge is 0.414 e. The number of hydrogen-bond donors (Lipinski definition) is 0. The zero-order chi connectivity index (χ0) is 21.1. The van der Waals surface area contributed by atoms with Crippen molar-refractivity contribution in [3.63, 3.8) is 0 Å². The van der Waals surface area contributed by atoms with Crippen LogP contribution in [-0.4, -0.2) is 55.7 Å². The molecular formula is C23H26N2O5. The summed E-state index contributed by atoms with van der Waals surface area (Å²) in [6.07, 6.45) is 4.78. The van der Waals surface area contributed by atoms with Crippen molar-refractivity contribution < 1.29 is 23.9 Å². The highest BCUT2D eigenvalue weighted by molar-refractivity contribution is 6.05. The molecule has 0 radical (unpaired) electrons. The Kier molecular flexibility index (Phi) is 4.21. The van der Waals surface area contributed by atoms with Crippen molar-refractivity contribution in [2.75, 3.05) is 32.2 Å². The van der Waals surface area contributed by atoms with E-state index in [4.69, 9.17) is 9.47 Å². The molecule has 30 heavy (non-hydrogen) atoms. The number of amides is 2. The number of para-hydroxylation sites is 1. The minimum Gasteiger partial charge on any atom is -0.469 e. The summed E-state index contributed by atoms with van der Waals surface area (Å²) in [5.74, 6) is -1.02. The molecular weight excluding hydrogens is 384 g/mol. The lowest BCUT2D eigenvalue weighted by molar-refractivity contribution is -0.151. The summed E-state index contributed by atoms with van der Waals surface area (Å²) in [6, 6.07) is 7.54. The summed E-state index contributed by atoms with van der Waals surface area (Å²) in [5, 5.41) is 0. The van der Waals surface area contributed by atoms with Gasteiger partial charge in [-0.05, 0) is 43.7 Å². The van der Waals surface area contributed by atoms with E-state index in [1.54, 1.807) is 4.90 Å². The molecule has 2 spiro atoms. The van der Waals surface area contributed by atoms with Crippen LogP contribution < -0.4 is 4.90 Å². The van der Waals surface area contributed by atoms with Crippen LogP contribution in [0.4, 0.5) is 10.5 Å². The van der Waals surface area contributed by atoms with Gasteiger partial charge in [0.25, 0.3) is 0 Å². The molecule has 1 aliphatic carbocycles. The molecule has 7 heteroatoms. The van der Waals surface area contributed by atoms with Gasteiger partial charge in [0, 0.05) is 13.1 Å². The average molecular weight is 410 g/mol. The predicted molar refractivity (Wildman–Crippen MR) is 109 cm³/mol. The fraction of sp³-hybridized carbons (Fsp3) is 0.522. The number of benzene rings is 1. The van der Waals surface area contributed by atoms with Crippen LogP contribution in [0.3, 0.4) is 0 Å². The van der Waals surface area contributed by atoms with E-state index < -0.39 is 23.0 Å². The Morgan fingerprint density at radius 1 is 1.13 bits per heavy atom. The first-order chi connectivity index (χ1) is 14.5. The van der Waals surface area contributed by atoms with Gasteiger partial charge in [-0.25, -0.2) is 4.79 Å². The molecule has 2 amide bonds. The van der Waals surface area contributed by atoms with E-state index in [-0.39, 0.29) is 11.9 Å². The first-order valence-corrected chi connectivity index (χ1v) is 10.5. The number of hydrogen-bond acceptors (Lipinski definition) is 5. The van der Waals surface area contributed by atoms with Gasteiger partial charge in [-0.1, -0.05) is 29.8 Å². The van der Waals surface area contributed by atoms with Crippen LogP contribution in [0, 0.1) is 5.92 Å². The van der Waals surface area contributed by atoms with Crippen LogP contribution in [0.5, 0.6) is 0 Å². The molecule has 0 unspecified atom stereocenters. The second kappa shape index (κ2) is 6.59. The number of fused-ring (bicyclic) bond motifs is 5. The Bertz CT molecular complexity index is 972. The maximum Gasteiger partial charge on any atom is 0.414 e.